The van der Waals surface area contributed by atoms with Gasteiger partial charge in [0.05, 0.1) is 11.3 Å². The summed E-state index contributed by atoms with van der Waals surface area (Å²) in [4.78, 5) is 26.2. The van der Waals surface area contributed by atoms with E-state index in [4.69, 9.17) is 9.72 Å². The molecule has 1 saturated heterocycles. The summed E-state index contributed by atoms with van der Waals surface area (Å²) in [6.07, 6.45) is 6.46. The Morgan fingerprint density at radius 2 is 2.18 bits per heavy atom. The molecule has 1 amide bonds. The Morgan fingerprint density at radius 1 is 1.29 bits per heavy atom. The second-order valence-electron chi connectivity index (χ2n) is 7.09. The van der Waals surface area contributed by atoms with Crippen molar-refractivity contribution < 1.29 is 9.53 Å². The van der Waals surface area contributed by atoms with Crippen LogP contribution in [0.5, 0.6) is 0 Å². The van der Waals surface area contributed by atoms with Crippen molar-refractivity contribution in [3.63, 3.8) is 0 Å². The first-order valence-electron chi connectivity index (χ1n) is 9.55. The molecule has 0 bridgehead atoms. The molecule has 28 heavy (non-hydrogen) atoms. The third-order valence-electron chi connectivity index (χ3n) is 5.17. The zero-order valence-corrected chi connectivity index (χ0v) is 17.1. The van der Waals surface area contributed by atoms with E-state index in [9.17, 15) is 4.79 Å². The van der Waals surface area contributed by atoms with E-state index in [1.54, 1.807) is 24.6 Å². The molecule has 148 valence electrons. The van der Waals surface area contributed by atoms with Gasteiger partial charge in [-0.05, 0) is 25.5 Å². The van der Waals surface area contributed by atoms with Gasteiger partial charge in [-0.2, -0.15) is 0 Å². The average molecular weight is 400 g/mol. The third kappa shape index (κ3) is 4.09. The number of aromatic nitrogens is 3. The molecular weight excluding hydrogens is 374 g/mol. The van der Waals surface area contributed by atoms with Crippen LogP contribution in [0.1, 0.15) is 40.5 Å². The van der Waals surface area contributed by atoms with Crippen LogP contribution in [0, 0.1) is 0 Å². The number of pyridine rings is 1. The summed E-state index contributed by atoms with van der Waals surface area (Å²) in [5.41, 5.74) is 2.63. The average Bonchev–Trinajstić information content (AvgIpc) is 3.31. The van der Waals surface area contributed by atoms with E-state index in [0.29, 0.717) is 5.56 Å². The lowest BCUT2D eigenvalue weighted by Gasteiger charge is -2.21. The van der Waals surface area contributed by atoms with Crippen LogP contribution in [0.4, 0.5) is 0 Å². The number of nitrogens with zero attached hydrogens (tertiary/aromatic N) is 5. The minimum atomic E-state index is 0.0313. The van der Waals surface area contributed by atoms with Crippen molar-refractivity contribution in [2.75, 3.05) is 33.3 Å². The quantitative estimate of drug-likeness (QED) is 0.660. The first-order chi connectivity index (χ1) is 13.6. The second-order valence-corrected chi connectivity index (χ2v) is 7.98. The Kier molecular flexibility index (Phi) is 5.70. The minimum absolute atomic E-state index is 0.0313. The first-order valence-corrected chi connectivity index (χ1v) is 10.4. The molecule has 4 rings (SSSR count). The van der Waals surface area contributed by atoms with Gasteiger partial charge < -0.3 is 14.0 Å². The van der Waals surface area contributed by atoms with Crippen molar-refractivity contribution in [3.05, 3.63) is 52.4 Å². The molecule has 3 aromatic rings. The smallest absolute Gasteiger partial charge is 0.255 e. The molecule has 0 spiro atoms. The standard InChI is InChI=1S/C20H25N5O2S/c1-15(27-2)19-22-17(14-28-19)13-23-7-3-8-24(11-10-23)20(26)16-4-5-18-21-6-9-25(18)12-16/h4-6,9,12,14-15H,3,7-8,10-11,13H2,1-2H3/t15-/m0/s1. The van der Waals surface area contributed by atoms with Crippen LogP contribution in [-0.4, -0.2) is 63.4 Å². The van der Waals surface area contributed by atoms with Crippen LogP contribution < -0.4 is 0 Å². The number of carbonyl (C=O) groups excluding carboxylic acids is 1. The largest absolute Gasteiger partial charge is 0.375 e. The van der Waals surface area contributed by atoms with Gasteiger partial charge in [-0.25, -0.2) is 9.97 Å². The Labute approximate surface area is 168 Å². The van der Waals surface area contributed by atoms with Crippen LogP contribution in [0.25, 0.3) is 5.65 Å². The summed E-state index contributed by atoms with van der Waals surface area (Å²) < 4.78 is 7.24. The fourth-order valence-corrected chi connectivity index (χ4v) is 4.31. The number of ether oxygens (including phenoxy) is 1. The number of amides is 1. The fraction of sp³-hybridized carbons (Fsp3) is 0.450. The molecule has 0 aliphatic carbocycles. The molecule has 0 unspecified atom stereocenters. The predicted octanol–water partition coefficient (Wildman–Crippen LogP) is 2.85. The molecule has 0 aromatic carbocycles. The molecule has 7 nitrogen and oxygen atoms in total. The van der Waals surface area contributed by atoms with Gasteiger partial charge in [-0.15, -0.1) is 11.3 Å². The second kappa shape index (κ2) is 8.38. The number of methoxy groups -OCH3 is 1. The summed E-state index contributed by atoms with van der Waals surface area (Å²) in [5.74, 6) is 0.0855. The molecule has 3 aromatic heterocycles. The maximum absolute atomic E-state index is 12.9. The zero-order chi connectivity index (χ0) is 19.5. The third-order valence-corrected chi connectivity index (χ3v) is 6.22. The SMILES string of the molecule is CO[C@@H](C)c1nc(CN2CCCN(C(=O)c3ccc4nccn4c3)CC2)cs1. The normalized spacial score (nSPS) is 17.0. The summed E-state index contributed by atoms with van der Waals surface area (Å²) in [5, 5.41) is 3.12. The van der Waals surface area contributed by atoms with Gasteiger partial charge in [0.15, 0.2) is 0 Å². The molecule has 0 N–H and O–H groups in total. The topological polar surface area (TPSA) is 63.0 Å². The summed E-state index contributed by atoms with van der Waals surface area (Å²) >= 11 is 1.65. The Balaban J connectivity index is 1.37. The Hall–Kier alpha value is -2.29. The van der Waals surface area contributed by atoms with E-state index < -0.39 is 0 Å². The van der Waals surface area contributed by atoms with Crippen LogP contribution in [0.3, 0.4) is 0 Å². The van der Waals surface area contributed by atoms with Crippen LogP contribution >= 0.6 is 11.3 Å². The molecule has 1 atom stereocenters. The van der Waals surface area contributed by atoms with Gasteiger partial charge >= 0.3 is 0 Å². The number of fused-ring (bicyclic) bond motifs is 1. The number of carbonyl (C=O) groups is 1. The van der Waals surface area contributed by atoms with Gasteiger partial charge in [-0.1, -0.05) is 0 Å². The van der Waals surface area contributed by atoms with Crippen molar-refractivity contribution in [3.8, 4) is 0 Å². The lowest BCUT2D eigenvalue weighted by atomic mass is 10.2. The number of hydrogen-bond acceptors (Lipinski definition) is 6. The molecule has 1 aliphatic heterocycles. The zero-order valence-electron chi connectivity index (χ0n) is 16.2. The number of rotatable bonds is 5. The van der Waals surface area contributed by atoms with Crippen LogP contribution in [0.15, 0.2) is 36.1 Å². The summed E-state index contributed by atoms with van der Waals surface area (Å²) in [7, 11) is 1.71. The summed E-state index contributed by atoms with van der Waals surface area (Å²) in [6.45, 7) is 6.16. The highest BCUT2D eigenvalue weighted by atomic mass is 32.1. The van der Waals surface area contributed by atoms with E-state index in [1.807, 2.05) is 40.8 Å². The maximum atomic E-state index is 12.9. The lowest BCUT2D eigenvalue weighted by Crippen LogP contribution is -2.35. The van der Waals surface area contributed by atoms with Crippen LogP contribution in [-0.2, 0) is 11.3 Å². The Bertz CT molecular complexity index is 953. The van der Waals surface area contributed by atoms with Crippen molar-refractivity contribution in [2.45, 2.75) is 26.0 Å². The van der Waals surface area contributed by atoms with Crippen molar-refractivity contribution in [1.82, 2.24) is 24.2 Å². The number of imidazole rings is 1. The molecule has 0 saturated carbocycles. The molecule has 1 fully saturated rings. The van der Waals surface area contributed by atoms with E-state index in [2.05, 4.69) is 15.3 Å². The molecule has 1 aliphatic rings. The van der Waals surface area contributed by atoms with E-state index in [1.165, 1.54) is 0 Å². The van der Waals surface area contributed by atoms with E-state index in [0.717, 1.165) is 55.5 Å². The highest BCUT2D eigenvalue weighted by Crippen LogP contribution is 2.21. The van der Waals surface area contributed by atoms with E-state index in [-0.39, 0.29) is 12.0 Å². The monoisotopic (exact) mass is 399 g/mol. The number of thiazole rings is 1. The van der Waals surface area contributed by atoms with Gasteiger partial charge in [0.25, 0.3) is 5.91 Å². The van der Waals surface area contributed by atoms with Gasteiger partial charge in [-0.3, -0.25) is 9.69 Å². The van der Waals surface area contributed by atoms with Crippen molar-refractivity contribution in [1.29, 1.82) is 0 Å². The lowest BCUT2D eigenvalue weighted by molar-refractivity contribution is 0.0760. The molecule has 0 radical (unpaired) electrons. The predicted molar refractivity (Wildman–Crippen MR) is 109 cm³/mol. The van der Waals surface area contributed by atoms with Gasteiger partial charge in [0.2, 0.25) is 0 Å². The fourth-order valence-electron chi connectivity index (χ4n) is 3.47. The molecule has 8 heteroatoms. The van der Waals surface area contributed by atoms with Crippen molar-refractivity contribution in [2.24, 2.45) is 0 Å². The highest BCUT2D eigenvalue weighted by Gasteiger charge is 2.21. The molecular formula is C20H25N5O2S. The maximum Gasteiger partial charge on any atom is 0.255 e. The Morgan fingerprint density at radius 3 is 3.04 bits per heavy atom. The van der Waals surface area contributed by atoms with Crippen LogP contribution in [0.2, 0.25) is 0 Å². The summed E-state index contributed by atoms with van der Waals surface area (Å²) in [6, 6.07) is 3.75. The number of hydrogen-bond donors (Lipinski definition) is 0. The van der Waals surface area contributed by atoms with Crippen molar-refractivity contribution >= 4 is 22.9 Å². The highest BCUT2D eigenvalue weighted by molar-refractivity contribution is 7.09. The van der Waals surface area contributed by atoms with Gasteiger partial charge in [0, 0.05) is 63.8 Å². The molecule has 4 heterocycles. The minimum Gasteiger partial charge on any atom is -0.375 e. The van der Waals surface area contributed by atoms with Gasteiger partial charge in [0.1, 0.15) is 16.8 Å². The first kappa shape index (κ1) is 19.0. The van der Waals surface area contributed by atoms with E-state index >= 15 is 0 Å².